The number of nitriles is 1. The zero-order chi connectivity index (χ0) is 47.3. The summed E-state index contributed by atoms with van der Waals surface area (Å²) in [4.78, 5) is 4.88. The third-order valence-corrected chi connectivity index (χ3v) is 15.6. The molecule has 0 unspecified atom stereocenters. The van der Waals surface area contributed by atoms with Crippen molar-refractivity contribution in [1.82, 2.24) is 0 Å². The Bertz CT molecular complexity index is 3700. The second-order valence-electron chi connectivity index (χ2n) is 20.7. The Morgan fingerprint density at radius 1 is 0.443 bits per heavy atom. The highest BCUT2D eigenvalue weighted by molar-refractivity contribution is 7.01. The SMILES string of the molecule is CC1(C)CCC(C)(C)c2cc3c4c(oc3cc21)N(c1ccc(-c2ccccc2)cc1)c1cc(-c2ccc(C#N)cc2)cc2c1B4c1cc(-c3ccccc3)ccc1N2c1ccc(-c2ccccc2)cc1. The maximum atomic E-state index is 9.87. The van der Waals surface area contributed by atoms with Gasteiger partial charge in [-0.1, -0.05) is 167 Å². The van der Waals surface area contributed by atoms with Crippen molar-refractivity contribution >= 4 is 68.4 Å². The van der Waals surface area contributed by atoms with Crippen molar-refractivity contribution < 1.29 is 4.42 Å². The molecule has 334 valence electrons. The van der Waals surface area contributed by atoms with Crippen molar-refractivity contribution in [3.05, 3.63) is 223 Å². The van der Waals surface area contributed by atoms with Gasteiger partial charge in [-0.3, -0.25) is 4.90 Å². The summed E-state index contributed by atoms with van der Waals surface area (Å²) in [5, 5.41) is 11.0. The third-order valence-electron chi connectivity index (χ3n) is 15.6. The highest BCUT2D eigenvalue weighted by Crippen LogP contribution is 2.51. The molecule has 0 bridgehead atoms. The molecule has 3 aliphatic rings. The normalized spacial score (nSPS) is 14.9. The Morgan fingerprint density at radius 2 is 0.900 bits per heavy atom. The number of hydrogen-bond acceptors (Lipinski definition) is 4. The zero-order valence-electron chi connectivity index (χ0n) is 39.9. The molecule has 0 radical (unpaired) electrons. The lowest BCUT2D eigenvalue weighted by Gasteiger charge is -2.43. The minimum absolute atomic E-state index is 0.00243. The number of nitrogens with zero attached hydrogens (tertiary/aromatic N) is 3. The first kappa shape index (κ1) is 41.8. The number of benzene rings is 9. The van der Waals surface area contributed by atoms with Crippen LogP contribution in [0.3, 0.4) is 0 Å². The van der Waals surface area contributed by atoms with Crippen molar-refractivity contribution in [2.45, 2.75) is 51.4 Å². The van der Waals surface area contributed by atoms with Crippen LogP contribution in [-0.2, 0) is 10.8 Å². The molecule has 10 aromatic rings. The molecule has 0 amide bonds. The van der Waals surface area contributed by atoms with Crippen LogP contribution < -0.4 is 26.2 Å². The lowest BCUT2D eigenvalue weighted by atomic mass is 9.33. The largest absolute Gasteiger partial charge is 0.440 e. The maximum Gasteiger partial charge on any atom is 0.257 e. The zero-order valence-corrected chi connectivity index (χ0v) is 39.9. The molecule has 0 saturated heterocycles. The van der Waals surface area contributed by atoms with E-state index in [0.717, 1.165) is 69.4 Å². The predicted molar refractivity (Wildman–Crippen MR) is 292 cm³/mol. The van der Waals surface area contributed by atoms with Crippen LogP contribution in [0.5, 0.6) is 0 Å². The van der Waals surface area contributed by atoms with E-state index in [9.17, 15) is 5.26 Å². The van der Waals surface area contributed by atoms with Gasteiger partial charge in [-0.2, -0.15) is 5.26 Å². The maximum absolute atomic E-state index is 9.87. The van der Waals surface area contributed by atoms with Crippen LogP contribution in [0.4, 0.5) is 34.3 Å². The Kier molecular flexibility index (Phi) is 9.48. The van der Waals surface area contributed by atoms with Crippen molar-refractivity contribution in [3.63, 3.8) is 0 Å². The van der Waals surface area contributed by atoms with Crippen molar-refractivity contribution in [1.29, 1.82) is 5.26 Å². The van der Waals surface area contributed by atoms with E-state index in [1.54, 1.807) is 0 Å². The Hall–Kier alpha value is -8.33. The van der Waals surface area contributed by atoms with Gasteiger partial charge in [0.2, 0.25) is 5.88 Å². The monoisotopic (exact) mass is 899 g/mol. The summed E-state index contributed by atoms with van der Waals surface area (Å²) in [6.45, 7) is 9.45. The van der Waals surface area contributed by atoms with Gasteiger partial charge in [0.1, 0.15) is 5.58 Å². The smallest absolute Gasteiger partial charge is 0.257 e. The summed E-state index contributed by atoms with van der Waals surface area (Å²) in [5.41, 5.74) is 22.5. The third kappa shape index (κ3) is 6.66. The molecule has 0 atom stereocenters. The molecule has 3 heterocycles. The minimum Gasteiger partial charge on any atom is -0.440 e. The Balaban J connectivity index is 1.14. The summed E-state index contributed by atoms with van der Waals surface area (Å²) in [6.07, 6.45) is 2.24. The Labute approximate surface area is 410 Å². The average Bonchev–Trinajstić information content (AvgIpc) is 3.78. The van der Waals surface area contributed by atoms with Crippen LogP contribution in [0.15, 0.2) is 211 Å². The molecule has 9 aromatic carbocycles. The van der Waals surface area contributed by atoms with Crippen LogP contribution in [0.25, 0.3) is 55.5 Å². The summed E-state index contributed by atoms with van der Waals surface area (Å²) < 4.78 is 7.50. The number of fused-ring (bicyclic) bond motifs is 7. The topological polar surface area (TPSA) is 43.4 Å². The molecule has 5 heteroatoms. The standard InChI is InChI=1S/C65H50BN3O/c1-64(2)34-35-65(3,4)55-40-60-53(39-54(55)64)61-63(70-60)69(52-31-26-47(27-32-52)44-16-10-6-11-17-44)59-38-50(48-22-20-42(41-67)21-23-48)37-58-62(59)66(61)56-36-49(45-18-12-7-13-19-45)28-33-57(56)68(58)51-29-24-46(25-30-51)43-14-8-5-9-15-43/h5-33,36-40H,34-35H2,1-4H3. The van der Waals surface area contributed by atoms with Gasteiger partial charge in [0, 0.05) is 39.3 Å². The van der Waals surface area contributed by atoms with Gasteiger partial charge in [-0.25, -0.2) is 0 Å². The molecular weight excluding hydrogens is 850 g/mol. The molecule has 1 aromatic heterocycles. The molecule has 0 N–H and O–H groups in total. The molecule has 70 heavy (non-hydrogen) atoms. The Morgan fingerprint density at radius 3 is 1.46 bits per heavy atom. The number of hydrogen-bond donors (Lipinski definition) is 0. The van der Waals surface area contributed by atoms with E-state index >= 15 is 0 Å². The molecule has 13 rings (SSSR count). The number of furan rings is 1. The minimum atomic E-state index is -0.174. The van der Waals surface area contributed by atoms with E-state index < -0.39 is 0 Å². The van der Waals surface area contributed by atoms with Crippen molar-refractivity contribution in [2.24, 2.45) is 0 Å². The first-order chi connectivity index (χ1) is 34.1. The molecule has 0 fully saturated rings. The molecule has 2 aliphatic heterocycles. The van der Waals surface area contributed by atoms with Crippen molar-refractivity contribution in [3.8, 4) is 50.6 Å². The van der Waals surface area contributed by atoms with Crippen LogP contribution in [0.2, 0.25) is 0 Å². The molecule has 4 nitrogen and oxygen atoms in total. The second-order valence-corrected chi connectivity index (χ2v) is 20.7. The second kappa shape index (κ2) is 15.9. The quantitative estimate of drug-likeness (QED) is 0.156. The van der Waals surface area contributed by atoms with Crippen LogP contribution in [-0.4, -0.2) is 6.71 Å². The molecular formula is C65H50BN3O. The first-order valence-corrected chi connectivity index (χ1v) is 24.5. The molecule has 0 saturated carbocycles. The van der Waals surface area contributed by atoms with Crippen LogP contribution in [0, 0.1) is 11.3 Å². The van der Waals surface area contributed by atoms with E-state index in [1.807, 2.05) is 12.1 Å². The van der Waals surface area contributed by atoms with E-state index in [1.165, 1.54) is 60.7 Å². The fraction of sp³-hybridized carbons (Fsp3) is 0.123. The highest BCUT2D eigenvalue weighted by atomic mass is 16.4. The number of rotatable bonds is 6. The van der Waals surface area contributed by atoms with E-state index in [4.69, 9.17) is 4.42 Å². The fourth-order valence-electron chi connectivity index (χ4n) is 11.7. The van der Waals surface area contributed by atoms with Gasteiger partial charge < -0.3 is 9.32 Å². The van der Waals surface area contributed by atoms with E-state index in [2.05, 4.69) is 238 Å². The van der Waals surface area contributed by atoms with Gasteiger partial charge in [0.05, 0.1) is 11.6 Å². The average molecular weight is 900 g/mol. The van der Waals surface area contributed by atoms with E-state index in [0.29, 0.717) is 5.56 Å². The van der Waals surface area contributed by atoms with Gasteiger partial charge in [-0.15, -0.1) is 0 Å². The fourth-order valence-corrected chi connectivity index (χ4v) is 11.7. The van der Waals surface area contributed by atoms with Gasteiger partial charge in [0.15, 0.2) is 0 Å². The van der Waals surface area contributed by atoms with Gasteiger partial charge in [-0.05, 0) is 157 Å². The summed E-state index contributed by atoms with van der Waals surface area (Å²) in [5.74, 6) is 0.845. The lowest BCUT2D eigenvalue weighted by Crippen LogP contribution is -2.61. The number of anilines is 6. The van der Waals surface area contributed by atoms with Gasteiger partial charge in [0.25, 0.3) is 6.71 Å². The highest BCUT2D eigenvalue weighted by Gasteiger charge is 2.48. The first-order valence-electron chi connectivity index (χ1n) is 24.5. The summed E-state index contributed by atoms with van der Waals surface area (Å²) in [6, 6.07) is 77.0. The van der Waals surface area contributed by atoms with Gasteiger partial charge >= 0.3 is 0 Å². The van der Waals surface area contributed by atoms with E-state index in [-0.39, 0.29) is 17.5 Å². The lowest BCUT2D eigenvalue weighted by molar-refractivity contribution is 0.332. The predicted octanol–water partition coefficient (Wildman–Crippen LogP) is 15.4. The van der Waals surface area contributed by atoms with Crippen molar-refractivity contribution in [2.75, 3.05) is 9.80 Å². The van der Waals surface area contributed by atoms with Crippen LogP contribution >= 0.6 is 0 Å². The summed E-state index contributed by atoms with van der Waals surface area (Å²) >= 11 is 0. The van der Waals surface area contributed by atoms with Crippen LogP contribution in [0.1, 0.15) is 57.2 Å². The molecule has 1 aliphatic carbocycles. The summed E-state index contributed by atoms with van der Waals surface area (Å²) in [7, 11) is 0. The molecule has 0 spiro atoms.